The van der Waals surface area contributed by atoms with Gasteiger partial charge in [-0.1, -0.05) is 28.3 Å². The molecule has 94 valence electrons. The molecule has 0 aliphatic carbocycles. The number of hydrogen-bond acceptors (Lipinski definition) is 5. The Hall–Kier alpha value is -1.86. The molecule has 1 aromatic carbocycles. The number of nitrogen functional groups attached to an aromatic ring is 1. The van der Waals surface area contributed by atoms with Gasteiger partial charge in [-0.05, 0) is 17.3 Å². The van der Waals surface area contributed by atoms with Gasteiger partial charge in [-0.25, -0.2) is 0 Å². The molecule has 7 nitrogen and oxygen atoms in total. The largest absolute Gasteiger partial charge is 0.397 e. The van der Waals surface area contributed by atoms with Crippen molar-refractivity contribution in [2.75, 3.05) is 11.1 Å². The van der Waals surface area contributed by atoms with E-state index in [-0.39, 0.29) is 27.2 Å². The summed E-state index contributed by atoms with van der Waals surface area (Å²) in [6, 6.07) is 2.83. The zero-order chi connectivity index (χ0) is 13.3. The number of nitrogens with one attached hydrogen (secondary N) is 1. The van der Waals surface area contributed by atoms with Crippen molar-refractivity contribution in [2.45, 2.75) is 0 Å². The van der Waals surface area contributed by atoms with Crippen molar-refractivity contribution in [1.29, 1.82) is 0 Å². The molecule has 0 atom stereocenters. The highest BCUT2D eigenvalue weighted by Gasteiger charge is 2.13. The molecule has 0 spiro atoms. The summed E-state index contributed by atoms with van der Waals surface area (Å²) in [6.45, 7) is 0. The van der Waals surface area contributed by atoms with Crippen LogP contribution < -0.4 is 11.1 Å². The third kappa shape index (κ3) is 2.52. The molecule has 0 bridgehead atoms. The summed E-state index contributed by atoms with van der Waals surface area (Å²) in [5, 5.41) is 13.9. The predicted octanol–water partition coefficient (Wildman–Crippen LogP) is 1.35. The highest BCUT2D eigenvalue weighted by molar-refractivity contribution is 6.43. The number of amides is 1. The van der Waals surface area contributed by atoms with Crippen LogP contribution in [0.2, 0.25) is 10.0 Å². The fourth-order valence-corrected chi connectivity index (χ4v) is 1.59. The van der Waals surface area contributed by atoms with Crippen LogP contribution in [0.3, 0.4) is 0 Å². The number of aryl methyl sites for hydroxylation is 1. The fourth-order valence-electron chi connectivity index (χ4n) is 1.25. The first-order valence-electron chi connectivity index (χ1n) is 4.77. The Morgan fingerprint density at radius 3 is 2.72 bits per heavy atom. The second-order valence-electron chi connectivity index (χ2n) is 3.42. The lowest BCUT2D eigenvalue weighted by Crippen LogP contribution is -2.13. The normalized spacial score (nSPS) is 10.4. The van der Waals surface area contributed by atoms with Gasteiger partial charge in [-0.15, -0.1) is 5.10 Å². The smallest absolute Gasteiger partial charge is 0.270 e. The number of tetrazole rings is 1. The molecule has 1 aromatic heterocycles. The van der Waals surface area contributed by atoms with Crippen molar-refractivity contribution in [3.63, 3.8) is 0 Å². The molecular formula is C9H8Cl2N6O. The number of carbonyl (C=O) groups excluding carboxylic acids is 1. The SMILES string of the molecule is Cn1nnc(NC(=O)c2cc(N)c(Cl)c(Cl)c2)n1. The van der Waals surface area contributed by atoms with Crippen molar-refractivity contribution < 1.29 is 4.79 Å². The van der Waals surface area contributed by atoms with Gasteiger partial charge in [-0.2, -0.15) is 4.80 Å². The highest BCUT2D eigenvalue weighted by Crippen LogP contribution is 2.29. The maximum atomic E-state index is 11.9. The van der Waals surface area contributed by atoms with E-state index in [4.69, 9.17) is 28.9 Å². The van der Waals surface area contributed by atoms with Crippen molar-refractivity contribution in [2.24, 2.45) is 7.05 Å². The molecule has 2 rings (SSSR count). The third-order valence-corrected chi connectivity index (χ3v) is 2.87. The number of hydrogen-bond donors (Lipinski definition) is 2. The lowest BCUT2D eigenvalue weighted by Gasteiger charge is -2.05. The van der Waals surface area contributed by atoms with Crippen LogP contribution in [0.4, 0.5) is 11.6 Å². The quantitative estimate of drug-likeness (QED) is 0.812. The molecular weight excluding hydrogens is 279 g/mol. The van der Waals surface area contributed by atoms with Crippen LogP contribution in [-0.2, 0) is 7.05 Å². The number of nitrogens with zero attached hydrogens (tertiary/aromatic N) is 4. The number of anilines is 2. The van der Waals surface area contributed by atoms with Gasteiger partial charge in [0.05, 0.1) is 22.8 Å². The summed E-state index contributed by atoms with van der Waals surface area (Å²) in [5.41, 5.74) is 6.09. The zero-order valence-electron chi connectivity index (χ0n) is 9.19. The van der Waals surface area contributed by atoms with E-state index in [0.29, 0.717) is 0 Å². The Bertz CT molecular complexity index is 588. The van der Waals surface area contributed by atoms with Gasteiger partial charge in [0.2, 0.25) is 0 Å². The first kappa shape index (κ1) is 12.6. The van der Waals surface area contributed by atoms with Gasteiger partial charge < -0.3 is 5.73 Å². The van der Waals surface area contributed by atoms with Crippen LogP contribution in [0, 0.1) is 0 Å². The van der Waals surface area contributed by atoms with Gasteiger partial charge in [-0.3, -0.25) is 10.1 Å². The number of aromatic nitrogens is 4. The summed E-state index contributed by atoms with van der Waals surface area (Å²) < 4.78 is 0. The molecule has 0 saturated carbocycles. The molecule has 0 saturated heterocycles. The minimum Gasteiger partial charge on any atom is -0.397 e. The van der Waals surface area contributed by atoms with E-state index < -0.39 is 5.91 Å². The second-order valence-corrected chi connectivity index (χ2v) is 4.20. The molecule has 0 fully saturated rings. The monoisotopic (exact) mass is 286 g/mol. The minimum absolute atomic E-state index is 0.0899. The number of rotatable bonds is 2. The topological polar surface area (TPSA) is 98.7 Å². The van der Waals surface area contributed by atoms with Gasteiger partial charge in [0.15, 0.2) is 0 Å². The predicted molar refractivity (Wildman–Crippen MR) is 67.6 cm³/mol. The Kier molecular flexibility index (Phi) is 3.35. The van der Waals surface area contributed by atoms with Crippen molar-refractivity contribution in [3.05, 3.63) is 27.7 Å². The summed E-state index contributed by atoms with van der Waals surface area (Å²) in [6.07, 6.45) is 0. The molecule has 1 amide bonds. The summed E-state index contributed by atoms with van der Waals surface area (Å²) in [5.74, 6) is -0.361. The number of nitrogens with two attached hydrogens (primary N) is 1. The molecule has 0 aliphatic rings. The number of halogens is 2. The summed E-state index contributed by atoms with van der Waals surface area (Å²) in [7, 11) is 1.58. The lowest BCUT2D eigenvalue weighted by atomic mass is 10.2. The molecule has 18 heavy (non-hydrogen) atoms. The van der Waals surface area contributed by atoms with Crippen molar-refractivity contribution >= 4 is 40.7 Å². The first-order chi connectivity index (χ1) is 8.47. The van der Waals surface area contributed by atoms with Gasteiger partial charge >= 0.3 is 0 Å². The minimum atomic E-state index is -0.451. The molecule has 0 aliphatic heterocycles. The van der Waals surface area contributed by atoms with E-state index in [1.807, 2.05) is 0 Å². The van der Waals surface area contributed by atoms with E-state index >= 15 is 0 Å². The summed E-state index contributed by atoms with van der Waals surface area (Å²) >= 11 is 11.6. The lowest BCUT2D eigenvalue weighted by molar-refractivity contribution is 0.102. The number of carbonyl (C=O) groups is 1. The van der Waals surface area contributed by atoms with Crippen molar-refractivity contribution in [1.82, 2.24) is 20.2 Å². The standard InChI is InChI=1S/C9H8Cl2N6O/c1-17-15-9(14-16-17)13-8(18)4-2-5(10)7(11)6(12)3-4/h2-3H,12H2,1H3,(H,13,15,18). The summed E-state index contributed by atoms with van der Waals surface area (Å²) in [4.78, 5) is 13.1. The Morgan fingerprint density at radius 2 is 2.17 bits per heavy atom. The van der Waals surface area contributed by atoms with Crippen molar-refractivity contribution in [3.8, 4) is 0 Å². The molecule has 9 heteroatoms. The van der Waals surface area contributed by atoms with Crippen LogP contribution in [-0.4, -0.2) is 26.1 Å². The van der Waals surface area contributed by atoms with E-state index in [1.54, 1.807) is 7.05 Å². The highest BCUT2D eigenvalue weighted by atomic mass is 35.5. The molecule has 3 N–H and O–H groups in total. The average molecular weight is 287 g/mol. The molecule has 0 unspecified atom stereocenters. The van der Waals surface area contributed by atoms with Crippen LogP contribution in [0.25, 0.3) is 0 Å². The van der Waals surface area contributed by atoms with E-state index in [2.05, 4.69) is 20.7 Å². The van der Waals surface area contributed by atoms with Crippen LogP contribution in [0.1, 0.15) is 10.4 Å². The van der Waals surface area contributed by atoms with E-state index in [1.165, 1.54) is 16.9 Å². The maximum absolute atomic E-state index is 11.9. The van der Waals surface area contributed by atoms with Gasteiger partial charge in [0, 0.05) is 5.56 Å². The van der Waals surface area contributed by atoms with Crippen LogP contribution in [0.5, 0.6) is 0 Å². The van der Waals surface area contributed by atoms with Crippen LogP contribution >= 0.6 is 23.2 Å². The van der Waals surface area contributed by atoms with E-state index in [0.717, 1.165) is 0 Å². The van der Waals surface area contributed by atoms with Gasteiger partial charge in [0.25, 0.3) is 11.9 Å². The second kappa shape index (κ2) is 4.79. The third-order valence-electron chi connectivity index (χ3n) is 2.05. The molecule has 0 radical (unpaired) electrons. The number of benzene rings is 1. The Morgan fingerprint density at radius 1 is 1.44 bits per heavy atom. The Labute approximate surface area is 112 Å². The molecule has 1 heterocycles. The first-order valence-corrected chi connectivity index (χ1v) is 5.53. The van der Waals surface area contributed by atoms with E-state index in [9.17, 15) is 4.79 Å². The molecule has 2 aromatic rings. The fraction of sp³-hybridized carbons (Fsp3) is 0.111. The van der Waals surface area contributed by atoms with Crippen LogP contribution in [0.15, 0.2) is 12.1 Å². The zero-order valence-corrected chi connectivity index (χ0v) is 10.7. The Balaban J connectivity index is 2.24. The maximum Gasteiger partial charge on any atom is 0.270 e. The average Bonchev–Trinajstić information content (AvgIpc) is 2.71. The van der Waals surface area contributed by atoms with Gasteiger partial charge in [0.1, 0.15) is 0 Å².